The van der Waals surface area contributed by atoms with Gasteiger partial charge in [-0.2, -0.15) is 5.10 Å². The van der Waals surface area contributed by atoms with Crippen LogP contribution in [0.2, 0.25) is 0 Å². The molecule has 0 unspecified atom stereocenters. The lowest BCUT2D eigenvalue weighted by Gasteiger charge is -2.12. The Hall–Kier alpha value is -3.12. The molecule has 0 bridgehead atoms. The Morgan fingerprint density at radius 2 is 1.84 bits per heavy atom. The zero-order valence-electron chi connectivity index (χ0n) is 14.1. The molecule has 0 aliphatic rings. The van der Waals surface area contributed by atoms with E-state index >= 15 is 0 Å². The van der Waals surface area contributed by atoms with E-state index in [1.807, 2.05) is 68.6 Å². The van der Waals surface area contributed by atoms with Gasteiger partial charge in [0.1, 0.15) is 12.4 Å². The first-order chi connectivity index (χ1) is 12.1. The van der Waals surface area contributed by atoms with Crippen LogP contribution in [0.3, 0.4) is 0 Å². The Bertz CT molecular complexity index is 865. The molecule has 128 valence electrons. The molecule has 1 heterocycles. The number of aromatic nitrogens is 2. The van der Waals surface area contributed by atoms with Crippen molar-refractivity contribution in [1.29, 1.82) is 0 Å². The van der Waals surface area contributed by atoms with Gasteiger partial charge in [-0.25, -0.2) is 9.48 Å². The van der Waals surface area contributed by atoms with Crippen LogP contribution in [0.25, 0.3) is 5.69 Å². The second-order valence-corrected chi connectivity index (χ2v) is 5.68. The number of para-hydroxylation sites is 1. The molecule has 0 saturated heterocycles. The molecule has 0 radical (unpaired) electrons. The lowest BCUT2D eigenvalue weighted by Crippen LogP contribution is -2.13. The Kier molecular flexibility index (Phi) is 4.81. The number of esters is 1. The van der Waals surface area contributed by atoms with E-state index in [1.165, 1.54) is 0 Å². The van der Waals surface area contributed by atoms with Gasteiger partial charge in [0, 0.05) is 18.0 Å². The molecule has 0 fully saturated rings. The summed E-state index contributed by atoms with van der Waals surface area (Å²) in [5, 5.41) is 16.6. The van der Waals surface area contributed by atoms with Crippen molar-refractivity contribution in [2.45, 2.75) is 13.8 Å². The number of ether oxygens (including phenoxy) is 1. The van der Waals surface area contributed by atoms with Crippen LogP contribution in [0.4, 0.5) is 11.5 Å². The number of carbonyl (C=O) groups excluding carboxylic acids is 1. The van der Waals surface area contributed by atoms with Crippen LogP contribution in [-0.4, -0.2) is 27.5 Å². The molecule has 1 aromatic heterocycles. The first kappa shape index (κ1) is 16.7. The minimum atomic E-state index is -0.673. The molecule has 3 rings (SSSR count). The SMILES string of the molecule is Cc1cc(Nc2ccn(-c3ccccc3)n2)cc(C)c1OC(=O)CO. The minimum absolute atomic E-state index is 0.472. The molecule has 0 aliphatic heterocycles. The average Bonchev–Trinajstić information content (AvgIpc) is 3.07. The van der Waals surface area contributed by atoms with Crippen molar-refractivity contribution in [3.8, 4) is 11.4 Å². The number of aryl methyl sites for hydroxylation is 2. The quantitative estimate of drug-likeness (QED) is 0.552. The summed E-state index contributed by atoms with van der Waals surface area (Å²) in [5.41, 5.74) is 3.42. The summed E-state index contributed by atoms with van der Waals surface area (Å²) in [5.74, 6) is 0.510. The molecule has 0 amide bonds. The van der Waals surface area contributed by atoms with Crippen molar-refractivity contribution in [1.82, 2.24) is 9.78 Å². The van der Waals surface area contributed by atoms with Gasteiger partial charge in [-0.15, -0.1) is 0 Å². The fourth-order valence-electron chi connectivity index (χ4n) is 2.59. The van der Waals surface area contributed by atoms with Crippen LogP contribution in [0.1, 0.15) is 11.1 Å². The Morgan fingerprint density at radius 1 is 1.16 bits per heavy atom. The van der Waals surface area contributed by atoms with E-state index in [0.29, 0.717) is 11.6 Å². The van der Waals surface area contributed by atoms with Crippen molar-refractivity contribution in [2.75, 3.05) is 11.9 Å². The van der Waals surface area contributed by atoms with E-state index in [0.717, 1.165) is 22.5 Å². The summed E-state index contributed by atoms with van der Waals surface area (Å²) < 4.78 is 6.95. The van der Waals surface area contributed by atoms with Gasteiger partial charge in [0.2, 0.25) is 0 Å². The maximum Gasteiger partial charge on any atom is 0.337 e. The van der Waals surface area contributed by atoms with Gasteiger partial charge < -0.3 is 15.2 Å². The van der Waals surface area contributed by atoms with E-state index in [1.54, 1.807) is 4.68 Å². The van der Waals surface area contributed by atoms with E-state index in [-0.39, 0.29) is 0 Å². The summed E-state index contributed by atoms with van der Waals surface area (Å²) in [4.78, 5) is 11.3. The molecular weight excluding hydrogens is 318 g/mol. The maximum atomic E-state index is 11.3. The lowest BCUT2D eigenvalue weighted by molar-refractivity contribution is -0.137. The van der Waals surface area contributed by atoms with E-state index < -0.39 is 12.6 Å². The highest BCUT2D eigenvalue weighted by atomic mass is 16.5. The van der Waals surface area contributed by atoms with Crippen molar-refractivity contribution < 1.29 is 14.6 Å². The number of rotatable bonds is 5. The number of nitrogens with zero attached hydrogens (tertiary/aromatic N) is 2. The number of hydrogen-bond acceptors (Lipinski definition) is 5. The van der Waals surface area contributed by atoms with Crippen LogP contribution in [0.15, 0.2) is 54.7 Å². The normalized spacial score (nSPS) is 10.5. The molecule has 25 heavy (non-hydrogen) atoms. The molecule has 0 aliphatic carbocycles. The highest BCUT2D eigenvalue weighted by molar-refractivity contribution is 5.75. The number of aliphatic hydroxyl groups is 1. The summed E-state index contributed by atoms with van der Waals surface area (Å²) in [6.07, 6.45) is 1.88. The fraction of sp³-hybridized carbons (Fsp3) is 0.158. The largest absolute Gasteiger partial charge is 0.424 e. The van der Waals surface area contributed by atoms with E-state index in [4.69, 9.17) is 9.84 Å². The molecule has 2 aromatic carbocycles. The topological polar surface area (TPSA) is 76.4 Å². The van der Waals surface area contributed by atoms with Crippen molar-refractivity contribution >= 4 is 17.5 Å². The third kappa shape index (κ3) is 3.87. The number of carbonyl (C=O) groups is 1. The Balaban J connectivity index is 1.80. The molecule has 0 spiro atoms. The minimum Gasteiger partial charge on any atom is -0.424 e. The van der Waals surface area contributed by atoms with Crippen molar-refractivity contribution in [3.63, 3.8) is 0 Å². The maximum absolute atomic E-state index is 11.3. The summed E-state index contributed by atoms with van der Waals surface area (Å²) >= 11 is 0. The highest BCUT2D eigenvalue weighted by Gasteiger charge is 2.11. The molecular formula is C19H19N3O3. The molecule has 3 aromatic rings. The monoisotopic (exact) mass is 337 g/mol. The number of hydrogen-bond donors (Lipinski definition) is 2. The van der Waals surface area contributed by atoms with E-state index in [9.17, 15) is 4.79 Å². The number of anilines is 2. The first-order valence-electron chi connectivity index (χ1n) is 7.87. The molecule has 0 saturated carbocycles. The molecule has 6 nitrogen and oxygen atoms in total. The van der Waals surface area contributed by atoms with Crippen LogP contribution in [0, 0.1) is 13.8 Å². The Labute approximate surface area is 145 Å². The van der Waals surface area contributed by atoms with Crippen LogP contribution >= 0.6 is 0 Å². The zero-order chi connectivity index (χ0) is 17.8. The standard InChI is InChI=1S/C19H19N3O3/c1-13-10-15(11-14(2)19(13)25-18(24)12-23)20-17-8-9-22(21-17)16-6-4-3-5-7-16/h3-11,23H,12H2,1-2H3,(H,20,21). The average molecular weight is 337 g/mol. The molecule has 6 heteroatoms. The third-order valence-corrected chi connectivity index (χ3v) is 3.69. The van der Waals surface area contributed by atoms with Gasteiger partial charge in [-0.3, -0.25) is 0 Å². The van der Waals surface area contributed by atoms with E-state index in [2.05, 4.69) is 10.4 Å². The molecule has 2 N–H and O–H groups in total. The summed E-state index contributed by atoms with van der Waals surface area (Å²) in [7, 11) is 0. The number of benzene rings is 2. The summed E-state index contributed by atoms with van der Waals surface area (Å²) in [6, 6.07) is 15.5. The summed E-state index contributed by atoms with van der Waals surface area (Å²) in [6.45, 7) is 3.05. The smallest absolute Gasteiger partial charge is 0.337 e. The fourth-order valence-corrected chi connectivity index (χ4v) is 2.59. The van der Waals surface area contributed by atoms with Gasteiger partial charge in [0.25, 0.3) is 0 Å². The third-order valence-electron chi connectivity index (χ3n) is 3.69. The zero-order valence-corrected chi connectivity index (χ0v) is 14.1. The second kappa shape index (κ2) is 7.19. The van der Waals surface area contributed by atoms with Gasteiger partial charge in [0.15, 0.2) is 5.82 Å². The van der Waals surface area contributed by atoms with Crippen LogP contribution < -0.4 is 10.1 Å². The van der Waals surface area contributed by atoms with Gasteiger partial charge >= 0.3 is 5.97 Å². The van der Waals surface area contributed by atoms with Crippen molar-refractivity contribution in [2.24, 2.45) is 0 Å². The lowest BCUT2D eigenvalue weighted by atomic mass is 10.1. The Morgan fingerprint density at radius 3 is 2.48 bits per heavy atom. The van der Waals surface area contributed by atoms with Crippen LogP contribution in [0.5, 0.6) is 5.75 Å². The predicted molar refractivity (Wildman–Crippen MR) is 95.5 cm³/mol. The number of nitrogens with one attached hydrogen (secondary N) is 1. The first-order valence-corrected chi connectivity index (χ1v) is 7.87. The van der Waals surface area contributed by atoms with Gasteiger partial charge in [0.05, 0.1) is 5.69 Å². The van der Waals surface area contributed by atoms with Crippen LogP contribution in [-0.2, 0) is 4.79 Å². The van der Waals surface area contributed by atoms with Gasteiger partial charge in [-0.05, 0) is 49.2 Å². The number of aliphatic hydroxyl groups excluding tert-OH is 1. The van der Waals surface area contributed by atoms with Crippen molar-refractivity contribution in [3.05, 3.63) is 65.9 Å². The predicted octanol–water partition coefficient (Wildman–Crippen LogP) is 3.13. The van der Waals surface area contributed by atoms with Gasteiger partial charge in [-0.1, -0.05) is 18.2 Å². The highest BCUT2D eigenvalue weighted by Crippen LogP contribution is 2.28. The second-order valence-electron chi connectivity index (χ2n) is 5.68. The molecule has 0 atom stereocenters.